The molecule has 0 saturated carbocycles. The van der Waals surface area contributed by atoms with E-state index in [0.29, 0.717) is 11.1 Å². The topological polar surface area (TPSA) is 72.7 Å². The Morgan fingerprint density at radius 2 is 1.79 bits per heavy atom. The Kier molecular flexibility index (Phi) is 7.11. The van der Waals surface area contributed by atoms with Crippen LogP contribution in [0.4, 0.5) is 5.69 Å². The van der Waals surface area contributed by atoms with Crippen molar-refractivity contribution in [2.45, 2.75) is 47.5 Å². The molecule has 1 N–H and O–H groups in total. The minimum absolute atomic E-state index is 0.0785. The number of nitrogens with zero attached hydrogens (tertiary/aromatic N) is 4. The number of hydrogen-bond donors (Lipinski definition) is 1. The van der Waals surface area contributed by atoms with Gasteiger partial charge >= 0.3 is 0 Å². The molecule has 8 heteroatoms. The van der Waals surface area contributed by atoms with Gasteiger partial charge in [0.15, 0.2) is 0 Å². The van der Waals surface area contributed by atoms with Crippen molar-refractivity contribution in [2.24, 2.45) is 5.92 Å². The molecule has 28 heavy (non-hydrogen) atoms. The average Bonchev–Trinajstić information content (AvgIpc) is 3.10. The van der Waals surface area contributed by atoms with Gasteiger partial charge in [-0.25, -0.2) is 4.68 Å². The van der Waals surface area contributed by atoms with Crippen LogP contribution in [0.15, 0.2) is 69.5 Å². The van der Waals surface area contributed by atoms with Crippen LogP contribution in [-0.2, 0) is 11.3 Å². The SMILES string of the molecule is CC(C)Cn1nnnc1S[C@@H](C)C(=O)Nc1ccccc1Sc1ccccc1. The number of carbonyl (C=O) groups is 1. The van der Waals surface area contributed by atoms with E-state index in [-0.39, 0.29) is 11.2 Å². The molecule has 1 aromatic heterocycles. The molecule has 0 spiro atoms. The maximum absolute atomic E-state index is 12.8. The smallest absolute Gasteiger partial charge is 0.237 e. The zero-order valence-corrected chi connectivity index (χ0v) is 17.7. The van der Waals surface area contributed by atoms with Gasteiger partial charge in [-0.05, 0) is 47.5 Å². The number of amides is 1. The van der Waals surface area contributed by atoms with Gasteiger partial charge in [-0.15, -0.1) is 5.10 Å². The fraction of sp³-hybridized carbons (Fsp3) is 0.300. The van der Waals surface area contributed by atoms with E-state index in [0.717, 1.165) is 22.0 Å². The molecule has 0 fully saturated rings. The molecule has 146 valence electrons. The van der Waals surface area contributed by atoms with E-state index in [2.05, 4.69) is 46.8 Å². The molecule has 0 radical (unpaired) electrons. The van der Waals surface area contributed by atoms with Gasteiger partial charge in [0.25, 0.3) is 0 Å². The maximum Gasteiger partial charge on any atom is 0.237 e. The lowest BCUT2D eigenvalue weighted by Gasteiger charge is -2.14. The molecular weight excluding hydrogens is 390 g/mol. The van der Waals surface area contributed by atoms with Crippen LogP contribution in [-0.4, -0.2) is 31.4 Å². The van der Waals surface area contributed by atoms with Crippen molar-refractivity contribution in [1.82, 2.24) is 20.2 Å². The van der Waals surface area contributed by atoms with Gasteiger partial charge in [0, 0.05) is 16.3 Å². The normalized spacial score (nSPS) is 12.1. The standard InChI is InChI=1S/C20H23N5OS2/c1-14(2)13-25-20(22-23-24-25)27-15(3)19(26)21-17-11-7-8-12-18(17)28-16-9-5-4-6-10-16/h4-12,14-15H,13H2,1-3H3,(H,21,26)/t15-/m0/s1. The molecule has 0 aliphatic heterocycles. The third-order valence-electron chi connectivity index (χ3n) is 3.80. The van der Waals surface area contributed by atoms with Gasteiger partial charge in [0.1, 0.15) is 0 Å². The van der Waals surface area contributed by atoms with Crippen molar-refractivity contribution in [3.05, 3.63) is 54.6 Å². The summed E-state index contributed by atoms with van der Waals surface area (Å²) in [5.74, 6) is 0.346. The highest BCUT2D eigenvalue weighted by molar-refractivity contribution is 8.00. The summed E-state index contributed by atoms with van der Waals surface area (Å²) in [6.07, 6.45) is 0. The van der Waals surface area contributed by atoms with Crippen LogP contribution in [0, 0.1) is 5.92 Å². The third-order valence-corrected chi connectivity index (χ3v) is 5.96. The Hall–Kier alpha value is -2.32. The third kappa shape index (κ3) is 5.59. The molecule has 3 rings (SSSR count). The molecule has 0 unspecified atom stereocenters. The van der Waals surface area contributed by atoms with E-state index in [1.807, 2.05) is 49.4 Å². The Morgan fingerprint density at radius 1 is 1.07 bits per heavy atom. The van der Waals surface area contributed by atoms with Gasteiger partial charge in [0.2, 0.25) is 11.1 Å². The molecule has 2 aromatic carbocycles. The number of hydrogen-bond acceptors (Lipinski definition) is 6. The minimum Gasteiger partial charge on any atom is -0.324 e. The van der Waals surface area contributed by atoms with Gasteiger partial charge in [-0.3, -0.25) is 4.79 Å². The predicted octanol–water partition coefficient (Wildman–Crippen LogP) is 4.60. The predicted molar refractivity (Wildman–Crippen MR) is 114 cm³/mol. The highest BCUT2D eigenvalue weighted by atomic mass is 32.2. The number of para-hydroxylation sites is 1. The zero-order valence-electron chi connectivity index (χ0n) is 16.1. The van der Waals surface area contributed by atoms with Crippen molar-refractivity contribution < 1.29 is 4.79 Å². The van der Waals surface area contributed by atoms with E-state index in [1.165, 1.54) is 11.8 Å². The number of thioether (sulfide) groups is 1. The summed E-state index contributed by atoms with van der Waals surface area (Å²) >= 11 is 2.99. The minimum atomic E-state index is -0.327. The number of benzene rings is 2. The first kappa shape index (κ1) is 20.4. The monoisotopic (exact) mass is 413 g/mol. The number of tetrazole rings is 1. The lowest BCUT2D eigenvalue weighted by molar-refractivity contribution is -0.115. The Labute approximate surface area is 173 Å². The molecular formula is C20H23N5OS2. The second-order valence-electron chi connectivity index (χ2n) is 6.70. The number of anilines is 1. The summed E-state index contributed by atoms with van der Waals surface area (Å²) in [5, 5.41) is 15.2. The van der Waals surface area contributed by atoms with E-state index < -0.39 is 0 Å². The van der Waals surface area contributed by atoms with Gasteiger partial charge in [-0.1, -0.05) is 67.7 Å². The van der Waals surface area contributed by atoms with Crippen LogP contribution in [0.2, 0.25) is 0 Å². The van der Waals surface area contributed by atoms with E-state index in [9.17, 15) is 4.79 Å². The van der Waals surface area contributed by atoms with Crippen molar-refractivity contribution in [1.29, 1.82) is 0 Å². The number of aromatic nitrogens is 4. The largest absolute Gasteiger partial charge is 0.324 e. The van der Waals surface area contributed by atoms with Crippen LogP contribution in [0.5, 0.6) is 0 Å². The lowest BCUT2D eigenvalue weighted by atomic mass is 10.2. The second-order valence-corrected chi connectivity index (χ2v) is 9.12. The fourth-order valence-electron chi connectivity index (χ4n) is 2.46. The summed E-state index contributed by atoms with van der Waals surface area (Å²) in [5.41, 5.74) is 0.801. The Morgan fingerprint density at radius 3 is 2.54 bits per heavy atom. The summed E-state index contributed by atoms with van der Waals surface area (Å²) in [6.45, 7) is 6.79. The molecule has 1 atom stereocenters. The molecule has 0 bridgehead atoms. The molecule has 1 amide bonds. The number of nitrogens with one attached hydrogen (secondary N) is 1. The van der Waals surface area contributed by atoms with Crippen LogP contribution >= 0.6 is 23.5 Å². The van der Waals surface area contributed by atoms with Gasteiger partial charge in [0.05, 0.1) is 10.9 Å². The highest BCUT2D eigenvalue weighted by Crippen LogP contribution is 2.33. The molecule has 3 aromatic rings. The van der Waals surface area contributed by atoms with Crippen LogP contribution in [0.1, 0.15) is 20.8 Å². The lowest BCUT2D eigenvalue weighted by Crippen LogP contribution is -2.23. The Balaban J connectivity index is 1.67. The van der Waals surface area contributed by atoms with E-state index in [1.54, 1.807) is 16.4 Å². The first-order chi connectivity index (χ1) is 13.5. The fourth-order valence-corrected chi connectivity index (χ4v) is 4.18. The number of rotatable bonds is 8. The van der Waals surface area contributed by atoms with E-state index >= 15 is 0 Å². The van der Waals surface area contributed by atoms with Crippen molar-refractivity contribution in [3.8, 4) is 0 Å². The van der Waals surface area contributed by atoms with Gasteiger partial charge < -0.3 is 5.32 Å². The van der Waals surface area contributed by atoms with Crippen molar-refractivity contribution in [3.63, 3.8) is 0 Å². The van der Waals surface area contributed by atoms with Crippen LogP contribution in [0.3, 0.4) is 0 Å². The molecule has 0 saturated heterocycles. The summed E-state index contributed by atoms with van der Waals surface area (Å²) in [4.78, 5) is 14.9. The first-order valence-electron chi connectivity index (χ1n) is 9.08. The second kappa shape index (κ2) is 9.75. The quantitative estimate of drug-likeness (QED) is 0.544. The summed E-state index contributed by atoms with van der Waals surface area (Å²) in [6, 6.07) is 17.9. The van der Waals surface area contributed by atoms with Crippen LogP contribution in [0.25, 0.3) is 0 Å². The van der Waals surface area contributed by atoms with Crippen LogP contribution < -0.4 is 5.32 Å². The highest BCUT2D eigenvalue weighted by Gasteiger charge is 2.20. The first-order valence-corrected chi connectivity index (χ1v) is 10.8. The average molecular weight is 414 g/mol. The number of carbonyl (C=O) groups excluding carboxylic acids is 1. The zero-order chi connectivity index (χ0) is 19.9. The van der Waals surface area contributed by atoms with Crippen molar-refractivity contribution >= 4 is 35.1 Å². The molecule has 0 aliphatic rings. The molecule has 1 heterocycles. The Bertz CT molecular complexity index is 914. The van der Waals surface area contributed by atoms with E-state index in [4.69, 9.17) is 0 Å². The molecule has 0 aliphatic carbocycles. The summed E-state index contributed by atoms with van der Waals surface area (Å²) < 4.78 is 1.75. The van der Waals surface area contributed by atoms with Gasteiger partial charge in [-0.2, -0.15) is 0 Å². The summed E-state index contributed by atoms with van der Waals surface area (Å²) in [7, 11) is 0. The maximum atomic E-state index is 12.8. The molecule has 6 nitrogen and oxygen atoms in total. The van der Waals surface area contributed by atoms with Crippen molar-refractivity contribution in [2.75, 3.05) is 5.32 Å².